The Balaban J connectivity index is 1.54. The first-order valence-corrected chi connectivity index (χ1v) is 9.88. The van der Waals surface area contributed by atoms with Gasteiger partial charge in [0.1, 0.15) is 0 Å². The van der Waals surface area contributed by atoms with Crippen molar-refractivity contribution < 1.29 is 4.74 Å². The molecule has 1 nitrogen and oxygen atoms in total. The van der Waals surface area contributed by atoms with Crippen LogP contribution in [0.5, 0.6) is 0 Å². The summed E-state index contributed by atoms with van der Waals surface area (Å²) in [6, 6.07) is 21.4. The minimum Gasteiger partial charge on any atom is -0.374 e. The van der Waals surface area contributed by atoms with Gasteiger partial charge in [-0.25, -0.2) is 0 Å². The molecule has 1 saturated heterocycles. The van der Waals surface area contributed by atoms with Crippen LogP contribution >= 0.6 is 22.6 Å². The average molecular weight is 432 g/mol. The van der Waals surface area contributed by atoms with Crippen molar-refractivity contribution in [1.29, 1.82) is 0 Å². The SMILES string of the molecule is C=C(I)[C@H]1C[C@@H](CCc2ccccc2)O[C@H]1CCc1ccccc1. The third-order valence-electron chi connectivity index (χ3n) is 4.89. The zero-order valence-electron chi connectivity index (χ0n) is 14.0. The van der Waals surface area contributed by atoms with Crippen LogP contribution < -0.4 is 0 Å². The van der Waals surface area contributed by atoms with E-state index in [0.717, 1.165) is 32.1 Å². The monoisotopic (exact) mass is 432 g/mol. The molecule has 0 N–H and O–H groups in total. The third kappa shape index (κ3) is 4.93. The Kier molecular flexibility index (Phi) is 6.50. The minimum absolute atomic E-state index is 0.315. The van der Waals surface area contributed by atoms with Gasteiger partial charge in [-0.2, -0.15) is 0 Å². The molecule has 3 atom stereocenters. The van der Waals surface area contributed by atoms with Gasteiger partial charge in [0.2, 0.25) is 0 Å². The Labute approximate surface area is 159 Å². The van der Waals surface area contributed by atoms with Crippen molar-refractivity contribution in [2.75, 3.05) is 0 Å². The van der Waals surface area contributed by atoms with E-state index in [4.69, 9.17) is 4.74 Å². The maximum absolute atomic E-state index is 6.41. The van der Waals surface area contributed by atoms with Crippen LogP contribution in [0.4, 0.5) is 0 Å². The second-order valence-corrected chi connectivity index (χ2v) is 8.02. The first kappa shape index (κ1) is 17.7. The molecule has 0 aliphatic carbocycles. The molecule has 1 fully saturated rings. The molecule has 0 saturated carbocycles. The fourth-order valence-corrected chi connectivity index (χ4v) is 4.20. The second kappa shape index (κ2) is 8.82. The van der Waals surface area contributed by atoms with Gasteiger partial charge in [0.15, 0.2) is 0 Å². The number of benzene rings is 2. The van der Waals surface area contributed by atoms with Crippen molar-refractivity contribution in [3.8, 4) is 0 Å². The van der Waals surface area contributed by atoms with E-state index < -0.39 is 0 Å². The van der Waals surface area contributed by atoms with Crippen molar-refractivity contribution in [2.45, 2.75) is 44.3 Å². The van der Waals surface area contributed by atoms with Gasteiger partial charge in [-0.3, -0.25) is 0 Å². The minimum atomic E-state index is 0.315. The van der Waals surface area contributed by atoms with Gasteiger partial charge in [0.25, 0.3) is 0 Å². The second-order valence-electron chi connectivity index (χ2n) is 6.63. The quantitative estimate of drug-likeness (QED) is 0.490. The van der Waals surface area contributed by atoms with Gasteiger partial charge >= 0.3 is 0 Å². The Bertz CT molecular complexity index is 638. The Hall–Kier alpha value is -1.13. The van der Waals surface area contributed by atoms with Gasteiger partial charge in [-0.05, 0) is 69.4 Å². The Morgan fingerprint density at radius 3 is 2.00 bits per heavy atom. The highest BCUT2D eigenvalue weighted by Gasteiger charge is 2.35. The van der Waals surface area contributed by atoms with E-state index in [9.17, 15) is 0 Å². The Morgan fingerprint density at radius 1 is 0.917 bits per heavy atom. The number of hydrogen-bond acceptors (Lipinski definition) is 1. The van der Waals surface area contributed by atoms with Gasteiger partial charge in [0.05, 0.1) is 12.2 Å². The van der Waals surface area contributed by atoms with Crippen LogP contribution in [-0.2, 0) is 17.6 Å². The highest BCUT2D eigenvalue weighted by atomic mass is 127. The summed E-state index contributed by atoms with van der Waals surface area (Å²) in [4.78, 5) is 0. The maximum Gasteiger partial charge on any atom is 0.0655 e. The molecule has 2 heteroatoms. The molecule has 2 aromatic rings. The Morgan fingerprint density at radius 2 is 1.46 bits per heavy atom. The predicted octanol–water partition coefficient (Wildman–Crippen LogP) is 5.97. The molecule has 126 valence electrons. The zero-order chi connectivity index (χ0) is 16.8. The third-order valence-corrected chi connectivity index (χ3v) is 5.69. The van der Waals surface area contributed by atoms with Crippen molar-refractivity contribution in [3.63, 3.8) is 0 Å². The lowest BCUT2D eigenvalue weighted by Crippen LogP contribution is -2.17. The van der Waals surface area contributed by atoms with Crippen LogP contribution in [0.3, 0.4) is 0 Å². The number of ether oxygens (including phenoxy) is 1. The number of rotatable bonds is 7. The smallest absolute Gasteiger partial charge is 0.0655 e. The van der Waals surface area contributed by atoms with Crippen LogP contribution in [0.25, 0.3) is 0 Å². The molecule has 0 unspecified atom stereocenters. The molecule has 3 rings (SSSR count). The van der Waals surface area contributed by atoms with Gasteiger partial charge in [-0.15, -0.1) is 0 Å². The summed E-state index contributed by atoms with van der Waals surface area (Å²) in [6.07, 6.45) is 6.16. The molecular formula is C22H25IO. The van der Waals surface area contributed by atoms with E-state index in [-0.39, 0.29) is 0 Å². The van der Waals surface area contributed by atoms with Gasteiger partial charge in [0, 0.05) is 5.92 Å². The van der Waals surface area contributed by atoms with E-state index >= 15 is 0 Å². The lowest BCUT2D eigenvalue weighted by molar-refractivity contribution is 0.0302. The summed E-state index contributed by atoms with van der Waals surface area (Å²) < 4.78 is 7.66. The molecule has 1 aliphatic rings. The van der Waals surface area contributed by atoms with E-state index in [1.54, 1.807) is 0 Å². The van der Waals surface area contributed by atoms with Crippen LogP contribution in [0.15, 0.2) is 70.8 Å². The molecule has 0 radical (unpaired) electrons. The van der Waals surface area contributed by atoms with E-state index in [1.165, 1.54) is 14.7 Å². The summed E-state index contributed by atoms with van der Waals surface area (Å²) in [7, 11) is 0. The molecule has 0 spiro atoms. The van der Waals surface area contributed by atoms with Crippen molar-refractivity contribution >= 4 is 22.6 Å². The summed E-state index contributed by atoms with van der Waals surface area (Å²) in [5, 5.41) is 0. The van der Waals surface area contributed by atoms with E-state index in [2.05, 4.69) is 89.8 Å². The van der Waals surface area contributed by atoms with Crippen molar-refractivity contribution in [2.24, 2.45) is 5.92 Å². The predicted molar refractivity (Wildman–Crippen MR) is 109 cm³/mol. The summed E-state index contributed by atoms with van der Waals surface area (Å²) in [6.45, 7) is 4.20. The zero-order valence-corrected chi connectivity index (χ0v) is 16.2. The first-order chi connectivity index (χ1) is 11.7. The standard InChI is InChI=1S/C22H25IO/c1-17(23)21-16-20(14-12-18-8-4-2-5-9-18)24-22(21)15-13-19-10-6-3-7-11-19/h2-11,20-22H,1,12-16H2/t20-,21-,22+/m1/s1. The van der Waals surface area contributed by atoms with Gasteiger partial charge < -0.3 is 4.74 Å². The lowest BCUT2D eigenvalue weighted by atomic mass is 9.93. The van der Waals surface area contributed by atoms with E-state index in [0.29, 0.717) is 18.1 Å². The summed E-state index contributed by atoms with van der Waals surface area (Å²) in [5.41, 5.74) is 2.80. The number of aryl methyl sites for hydroxylation is 2. The highest BCUT2D eigenvalue weighted by molar-refractivity contribution is 14.1. The largest absolute Gasteiger partial charge is 0.374 e. The molecule has 1 heterocycles. The van der Waals surface area contributed by atoms with Crippen LogP contribution in [-0.4, -0.2) is 12.2 Å². The topological polar surface area (TPSA) is 9.23 Å². The van der Waals surface area contributed by atoms with E-state index in [1.807, 2.05) is 0 Å². The molecule has 0 amide bonds. The number of hydrogen-bond donors (Lipinski definition) is 0. The fraction of sp³-hybridized carbons (Fsp3) is 0.364. The summed E-state index contributed by atoms with van der Waals surface area (Å²) in [5.74, 6) is 0.495. The first-order valence-electron chi connectivity index (χ1n) is 8.80. The maximum atomic E-state index is 6.41. The molecule has 24 heavy (non-hydrogen) atoms. The van der Waals surface area contributed by atoms with Crippen molar-refractivity contribution in [1.82, 2.24) is 0 Å². The lowest BCUT2D eigenvalue weighted by Gasteiger charge is -2.18. The normalized spacial score (nSPS) is 23.3. The highest BCUT2D eigenvalue weighted by Crippen LogP contribution is 2.38. The van der Waals surface area contributed by atoms with Gasteiger partial charge in [-0.1, -0.05) is 67.2 Å². The van der Waals surface area contributed by atoms with Crippen LogP contribution in [0.1, 0.15) is 30.4 Å². The average Bonchev–Trinajstić information content (AvgIpc) is 3.04. The van der Waals surface area contributed by atoms with Crippen LogP contribution in [0.2, 0.25) is 0 Å². The number of halogens is 1. The molecule has 0 aromatic heterocycles. The molecular weight excluding hydrogens is 407 g/mol. The molecule has 1 aliphatic heterocycles. The molecule has 0 bridgehead atoms. The summed E-state index contributed by atoms with van der Waals surface area (Å²) >= 11 is 2.39. The van der Waals surface area contributed by atoms with Crippen molar-refractivity contribution in [3.05, 3.63) is 81.9 Å². The van der Waals surface area contributed by atoms with Crippen LogP contribution in [0, 0.1) is 5.92 Å². The fourth-order valence-electron chi connectivity index (χ4n) is 3.54. The molecule has 2 aromatic carbocycles.